The first-order valence-corrected chi connectivity index (χ1v) is 10.1. The van der Waals surface area contributed by atoms with Gasteiger partial charge in [-0.2, -0.15) is 0 Å². The van der Waals surface area contributed by atoms with Gasteiger partial charge >= 0.3 is 0 Å². The molecule has 2 aromatic carbocycles. The van der Waals surface area contributed by atoms with Gasteiger partial charge in [0, 0.05) is 5.56 Å². The molecule has 0 saturated carbocycles. The zero-order valence-electron chi connectivity index (χ0n) is 18.3. The minimum Gasteiger partial charge on any atom is -0.504 e. The van der Waals surface area contributed by atoms with Crippen molar-refractivity contribution in [3.05, 3.63) is 28.4 Å². The van der Waals surface area contributed by atoms with Crippen molar-refractivity contribution in [2.75, 3.05) is 20.8 Å². The van der Waals surface area contributed by atoms with Gasteiger partial charge in [0.25, 0.3) is 0 Å². The molecule has 1 aromatic heterocycles. The molecule has 0 bridgehead atoms. The first-order valence-electron chi connectivity index (χ1n) is 10.1. The average Bonchev–Trinajstić information content (AvgIpc) is 2.82. The molecule has 13 heteroatoms. The number of phenols is 4. The molecule has 0 radical (unpaired) electrons. The third-order valence-electron chi connectivity index (χ3n) is 5.49. The van der Waals surface area contributed by atoms with Gasteiger partial charge in [0.2, 0.25) is 34.7 Å². The number of rotatable bonds is 5. The third kappa shape index (κ3) is 3.89. The number of methoxy groups -OCH3 is 2. The summed E-state index contributed by atoms with van der Waals surface area (Å²) in [6.45, 7) is -0.433. The lowest BCUT2D eigenvalue weighted by Crippen LogP contribution is -2.55. The fourth-order valence-corrected chi connectivity index (χ4v) is 3.67. The number of aliphatic hydroxyl groups excluding tert-OH is 3. The van der Waals surface area contributed by atoms with Crippen LogP contribution in [0.4, 0.5) is 0 Å². The Hall–Kier alpha value is -3.91. The first-order chi connectivity index (χ1) is 16.6. The second-order valence-corrected chi connectivity index (χ2v) is 7.63. The minimum absolute atomic E-state index is 0.00275. The smallest absolute Gasteiger partial charge is 0.239 e. The van der Waals surface area contributed by atoms with Crippen LogP contribution in [-0.4, -0.2) is 81.2 Å². The monoisotopic (exact) mass is 494 g/mol. The van der Waals surface area contributed by atoms with Gasteiger partial charge in [0.1, 0.15) is 23.7 Å². The zero-order valence-corrected chi connectivity index (χ0v) is 18.3. The molecule has 1 fully saturated rings. The molecule has 1 aliphatic rings. The molecule has 188 valence electrons. The van der Waals surface area contributed by atoms with Crippen LogP contribution in [0.15, 0.2) is 27.4 Å². The quantitative estimate of drug-likeness (QED) is 0.235. The summed E-state index contributed by atoms with van der Waals surface area (Å²) in [5.41, 5.74) is -1.44. The van der Waals surface area contributed by atoms with E-state index in [2.05, 4.69) is 0 Å². The first kappa shape index (κ1) is 24.2. The molecular formula is C22H22O13. The van der Waals surface area contributed by atoms with E-state index >= 15 is 0 Å². The topological polar surface area (TPSA) is 209 Å². The number of benzene rings is 2. The van der Waals surface area contributed by atoms with Crippen LogP contribution in [-0.2, 0) is 4.74 Å². The van der Waals surface area contributed by atoms with Crippen molar-refractivity contribution in [1.29, 1.82) is 0 Å². The maximum atomic E-state index is 13.6. The van der Waals surface area contributed by atoms with Crippen molar-refractivity contribution in [3.63, 3.8) is 0 Å². The van der Waals surface area contributed by atoms with Crippen molar-refractivity contribution < 1.29 is 59.1 Å². The van der Waals surface area contributed by atoms with Crippen LogP contribution in [0.25, 0.3) is 22.3 Å². The van der Waals surface area contributed by atoms with E-state index in [1.54, 1.807) is 0 Å². The fourth-order valence-electron chi connectivity index (χ4n) is 3.67. The summed E-state index contributed by atoms with van der Waals surface area (Å²) in [5, 5.41) is 70.1. The van der Waals surface area contributed by atoms with Crippen LogP contribution in [0, 0.1) is 0 Å². The summed E-state index contributed by atoms with van der Waals surface area (Å²) in [6, 6.07) is 3.40. The van der Waals surface area contributed by atoms with Gasteiger partial charge in [-0.05, 0) is 18.2 Å². The Labute approximate surface area is 196 Å². The van der Waals surface area contributed by atoms with Crippen LogP contribution < -0.4 is 19.6 Å². The molecule has 4 rings (SSSR count). The lowest BCUT2D eigenvalue weighted by Gasteiger charge is -2.34. The summed E-state index contributed by atoms with van der Waals surface area (Å²) in [5.74, 6) is -4.39. The number of hydrogen-bond donors (Lipinski definition) is 7. The van der Waals surface area contributed by atoms with Crippen molar-refractivity contribution in [2.24, 2.45) is 0 Å². The number of aromatic hydroxyl groups is 4. The normalized spacial score (nSPS) is 22.2. The van der Waals surface area contributed by atoms with Gasteiger partial charge in [-0.3, -0.25) is 4.79 Å². The highest BCUT2D eigenvalue weighted by molar-refractivity contribution is 5.96. The summed E-state index contributed by atoms with van der Waals surface area (Å²) in [4.78, 5) is 13.6. The highest BCUT2D eigenvalue weighted by Gasteiger charge is 2.40. The highest BCUT2D eigenvalue weighted by Crippen LogP contribution is 2.50. The molecule has 7 N–H and O–H groups in total. The molecule has 2 heterocycles. The van der Waals surface area contributed by atoms with Crippen molar-refractivity contribution in [3.8, 4) is 51.6 Å². The SMILES string of the molecule is COc1c(O)c(OC)c2oc(-c3ccc(O)c(O)c3)c(O[C@@H]3OC[C@H](O)C(O)C3O)c(=O)c2c1O. The van der Waals surface area contributed by atoms with Crippen LogP contribution in [0.5, 0.6) is 40.2 Å². The van der Waals surface area contributed by atoms with Crippen molar-refractivity contribution in [1.82, 2.24) is 0 Å². The fraction of sp³-hybridized carbons (Fsp3) is 0.318. The molecular weight excluding hydrogens is 472 g/mol. The van der Waals surface area contributed by atoms with Crippen molar-refractivity contribution in [2.45, 2.75) is 24.6 Å². The van der Waals surface area contributed by atoms with E-state index in [0.29, 0.717) is 0 Å². The molecule has 0 aliphatic carbocycles. The highest BCUT2D eigenvalue weighted by atomic mass is 16.7. The second-order valence-electron chi connectivity index (χ2n) is 7.63. The number of aliphatic hydroxyl groups is 3. The summed E-state index contributed by atoms with van der Waals surface area (Å²) < 4.78 is 26.7. The van der Waals surface area contributed by atoms with Crippen LogP contribution >= 0.6 is 0 Å². The Bertz CT molecular complexity index is 1330. The molecule has 3 aromatic rings. The Kier molecular flexibility index (Phi) is 6.25. The van der Waals surface area contributed by atoms with E-state index in [0.717, 1.165) is 19.2 Å². The lowest BCUT2D eigenvalue weighted by molar-refractivity contribution is -0.242. The second kappa shape index (κ2) is 9.03. The van der Waals surface area contributed by atoms with Crippen LogP contribution in [0.3, 0.4) is 0 Å². The maximum absolute atomic E-state index is 13.6. The van der Waals surface area contributed by atoms with Gasteiger partial charge < -0.3 is 59.1 Å². The molecule has 0 spiro atoms. The largest absolute Gasteiger partial charge is 0.504 e. The molecule has 0 amide bonds. The predicted molar refractivity (Wildman–Crippen MR) is 116 cm³/mol. The Balaban J connectivity index is 2.03. The van der Waals surface area contributed by atoms with Crippen LogP contribution in [0.2, 0.25) is 0 Å². The van der Waals surface area contributed by atoms with E-state index in [-0.39, 0.29) is 17.1 Å². The molecule has 2 unspecified atom stereocenters. The van der Waals surface area contributed by atoms with E-state index in [1.807, 2.05) is 0 Å². The van der Waals surface area contributed by atoms with Gasteiger partial charge in [-0.25, -0.2) is 0 Å². The summed E-state index contributed by atoms with van der Waals surface area (Å²) in [7, 11) is 2.30. The van der Waals surface area contributed by atoms with Gasteiger partial charge in [-0.15, -0.1) is 0 Å². The predicted octanol–water partition coefficient (Wildman–Crippen LogP) is 0.117. The van der Waals surface area contributed by atoms with E-state index in [9.17, 15) is 40.5 Å². The molecule has 13 nitrogen and oxygen atoms in total. The average molecular weight is 494 g/mol. The number of ether oxygens (including phenoxy) is 4. The standard InChI is InChI=1S/C22H22O13/c1-31-19-13(27)11-14(28)21(35-22-15(29)12(26)10(25)6-33-22)17(7-3-4-8(23)9(24)5-7)34-18(11)20(32-2)16(19)30/h3-5,10,12,15,22-27,29-30H,6H2,1-2H3/t10-,12?,15?,22-/m0/s1. The summed E-state index contributed by atoms with van der Waals surface area (Å²) in [6.07, 6.45) is -6.51. The van der Waals surface area contributed by atoms with Crippen LogP contribution in [0.1, 0.15) is 0 Å². The van der Waals surface area contributed by atoms with Gasteiger partial charge in [0.05, 0.1) is 20.8 Å². The number of fused-ring (bicyclic) bond motifs is 1. The maximum Gasteiger partial charge on any atom is 0.239 e. The number of hydrogen-bond acceptors (Lipinski definition) is 13. The van der Waals surface area contributed by atoms with E-state index in [4.69, 9.17) is 23.4 Å². The zero-order chi connectivity index (χ0) is 25.6. The van der Waals surface area contributed by atoms with E-state index in [1.165, 1.54) is 13.2 Å². The minimum atomic E-state index is -1.78. The summed E-state index contributed by atoms with van der Waals surface area (Å²) >= 11 is 0. The van der Waals surface area contributed by atoms with E-state index < -0.39 is 82.1 Å². The molecule has 1 aliphatic heterocycles. The van der Waals surface area contributed by atoms with Crippen molar-refractivity contribution >= 4 is 11.0 Å². The Morgan fingerprint density at radius 2 is 1.57 bits per heavy atom. The number of phenolic OH excluding ortho intramolecular Hbond substituents is 4. The molecule has 1 saturated heterocycles. The lowest BCUT2D eigenvalue weighted by atomic mass is 10.0. The third-order valence-corrected chi connectivity index (χ3v) is 5.49. The van der Waals surface area contributed by atoms with Gasteiger partial charge in [-0.1, -0.05) is 0 Å². The molecule has 35 heavy (non-hydrogen) atoms. The molecule has 4 atom stereocenters. The Morgan fingerprint density at radius 3 is 2.20 bits per heavy atom. The Morgan fingerprint density at radius 1 is 0.886 bits per heavy atom. The van der Waals surface area contributed by atoms with Gasteiger partial charge in [0.15, 0.2) is 28.6 Å².